The fraction of sp³-hybridized carbons (Fsp3) is 1.00. The van der Waals surface area contributed by atoms with Gasteiger partial charge in [-0.2, -0.15) is 0 Å². The van der Waals surface area contributed by atoms with Crippen LogP contribution in [0.1, 0.15) is 33.6 Å². The van der Waals surface area contributed by atoms with Gasteiger partial charge in [-0.25, -0.2) is 0 Å². The van der Waals surface area contributed by atoms with E-state index in [9.17, 15) is 5.11 Å². The summed E-state index contributed by atoms with van der Waals surface area (Å²) in [5.41, 5.74) is 0.0365. The quantitative estimate of drug-likeness (QED) is 0.585. The molecule has 0 bridgehead atoms. The Labute approximate surface area is 63.6 Å². The first kappa shape index (κ1) is 9.92. The molecule has 0 aliphatic carbocycles. The molecular weight excluding hydrogens is 126 g/mol. The summed E-state index contributed by atoms with van der Waals surface area (Å²) in [6.07, 6.45) is 1.64. The molecule has 0 heterocycles. The van der Waals surface area contributed by atoms with Gasteiger partial charge in [0.1, 0.15) is 6.23 Å². The normalized spacial score (nSPS) is 15.3. The molecule has 0 radical (unpaired) electrons. The Kier molecular flexibility index (Phi) is 3.91. The van der Waals surface area contributed by atoms with Crippen LogP contribution in [0.25, 0.3) is 0 Å². The molecule has 0 aromatic rings. The van der Waals surface area contributed by atoms with Crippen molar-refractivity contribution in [1.29, 1.82) is 0 Å². The average Bonchev–Trinajstić information content (AvgIpc) is 2.01. The molecule has 0 amide bonds. The van der Waals surface area contributed by atoms with Crippen molar-refractivity contribution < 1.29 is 5.11 Å². The number of rotatable bonds is 4. The minimum atomic E-state index is -0.373. The van der Waals surface area contributed by atoms with E-state index in [1.54, 1.807) is 7.05 Å². The van der Waals surface area contributed by atoms with Crippen LogP contribution in [0.4, 0.5) is 0 Å². The number of aliphatic hydroxyl groups excluding tert-OH is 1. The largest absolute Gasteiger partial charge is 0.378 e. The third-order valence-electron chi connectivity index (χ3n) is 2.55. The van der Waals surface area contributed by atoms with E-state index >= 15 is 0 Å². The Balaban J connectivity index is 4.02. The summed E-state index contributed by atoms with van der Waals surface area (Å²) in [5.74, 6) is 0. The molecule has 0 spiro atoms. The predicted octanol–water partition coefficient (Wildman–Crippen LogP) is 1.35. The summed E-state index contributed by atoms with van der Waals surface area (Å²) in [5, 5.41) is 12.3. The Morgan fingerprint density at radius 2 is 1.80 bits per heavy atom. The lowest BCUT2D eigenvalue weighted by atomic mass is 9.83. The van der Waals surface area contributed by atoms with Gasteiger partial charge in [-0.05, 0) is 19.9 Å². The van der Waals surface area contributed by atoms with Gasteiger partial charge < -0.3 is 5.11 Å². The van der Waals surface area contributed by atoms with Gasteiger partial charge in [0, 0.05) is 5.41 Å². The molecule has 0 fully saturated rings. The third kappa shape index (κ3) is 1.96. The van der Waals surface area contributed by atoms with Gasteiger partial charge in [-0.1, -0.05) is 20.8 Å². The van der Waals surface area contributed by atoms with Crippen molar-refractivity contribution in [3.05, 3.63) is 0 Å². The smallest absolute Gasteiger partial charge is 0.110 e. The maximum Gasteiger partial charge on any atom is 0.110 e. The van der Waals surface area contributed by atoms with Crippen LogP contribution in [0.15, 0.2) is 0 Å². The van der Waals surface area contributed by atoms with E-state index in [0.717, 1.165) is 12.8 Å². The van der Waals surface area contributed by atoms with Crippen LogP contribution in [0.5, 0.6) is 0 Å². The summed E-state index contributed by atoms with van der Waals surface area (Å²) in [4.78, 5) is 0. The van der Waals surface area contributed by atoms with Gasteiger partial charge in [0.2, 0.25) is 0 Å². The molecule has 2 N–H and O–H groups in total. The predicted molar refractivity (Wildman–Crippen MR) is 43.8 cm³/mol. The zero-order valence-electron chi connectivity index (χ0n) is 7.44. The Morgan fingerprint density at radius 3 is 1.90 bits per heavy atom. The summed E-state index contributed by atoms with van der Waals surface area (Å²) in [6, 6.07) is 0. The molecule has 2 nitrogen and oxygen atoms in total. The van der Waals surface area contributed by atoms with Crippen molar-refractivity contribution >= 4 is 0 Å². The number of aliphatic hydroxyl groups is 1. The van der Waals surface area contributed by atoms with Crippen LogP contribution >= 0.6 is 0 Å². The SMILES string of the molecule is CCC(C)(CC)C(O)NC. The lowest BCUT2D eigenvalue weighted by molar-refractivity contribution is 0.0105. The van der Waals surface area contributed by atoms with Crippen LogP contribution in [0, 0.1) is 5.41 Å². The van der Waals surface area contributed by atoms with E-state index in [2.05, 4.69) is 26.1 Å². The molecule has 0 aliphatic heterocycles. The minimum Gasteiger partial charge on any atom is -0.378 e. The van der Waals surface area contributed by atoms with Gasteiger partial charge in [0.15, 0.2) is 0 Å². The average molecular weight is 145 g/mol. The van der Waals surface area contributed by atoms with Gasteiger partial charge in [0.25, 0.3) is 0 Å². The second-order valence-corrected chi connectivity index (χ2v) is 3.05. The summed E-state index contributed by atoms with van der Waals surface area (Å²) in [6.45, 7) is 6.29. The molecule has 10 heavy (non-hydrogen) atoms. The molecule has 62 valence electrons. The topological polar surface area (TPSA) is 32.3 Å². The second kappa shape index (κ2) is 3.94. The van der Waals surface area contributed by atoms with Gasteiger partial charge in [0.05, 0.1) is 0 Å². The number of hydrogen-bond donors (Lipinski definition) is 2. The van der Waals surface area contributed by atoms with Crippen molar-refractivity contribution in [3.8, 4) is 0 Å². The molecule has 0 aliphatic rings. The van der Waals surface area contributed by atoms with Gasteiger partial charge in [-0.3, -0.25) is 5.32 Å². The van der Waals surface area contributed by atoms with E-state index in [4.69, 9.17) is 0 Å². The fourth-order valence-corrected chi connectivity index (χ4v) is 0.985. The van der Waals surface area contributed by atoms with Crippen LogP contribution < -0.4 is 5.32 Å². The Morgan fingerprint density at radius 1 is 1.40 bits per heavy atom. The molecule has 0 rings (SSSR count). The first-order valence-electron chi connectivity index (χ1n) is 3.96. The second-order valence-electron chi connectivity index (χ2n) is 3.05. The van der Waals surface area contributed by atoms with Crippen molar-refractivity contribution in [1.82, 2.24) is 5.32 Å². The molecule has 1 unspecified atom stereocenters. The van der Waals surface area contributed by atoms with E-state index < -0.39 is 0 Å². The highest BCUT2D eigenvalue weighted by atomic mass is 16.3. The first-order chi connectivity index (χ1) is 4.60. The van der Waals surface area contributed by atoms with Gasteiger partial charge >= 0.3 is 0 Å². The summed E-state index contributed by atoms with van der Waals surface area (Å²) >= 11 is 0. The summed E-state index contributed by atoms with van der Waals surface area (Å²) < 4.78 is 0. The van der Waals surface area contributed by atoms with Crippen molar-refractivity contribution in [2.45, 2.75) is 39.8 Å². The van der Waals surface area contributed by atoms with Crippen LogP contribution in [-0.2, 0) is 0 Å². The standard InChI is InChI=1S/C8H19NO/c1-5-8(3,6-2)7(10)9-4/h7,9-10H,5-6H2,1-4H3. The van der Waals surface area contributed by atoms with Crippen molar-refractivity contribution in [3.63, 3.8) is 0 Å². The van der Waals surface area contributed by atoms with Crippen molar-refractivity contribution in [2.75, 3.05) is 7.05 Å². The number of hydrogen-bond acceptors (Lipinski definition) is 2. The monoisotopic (exact) mass is 145 g/mol. The zero-order valence-corrected chi connectivity index (χ0v) is 7.44. The van der Waals surface area contributed by atoms with E-state index in [1.807, 2.05) is 0 Å². The molecule has 1 atom stereocenters. The summed E-state index contributed by atoms with van der Waals surface area (Å²) in [7, 11) is 1.79. The maximum absolute atomic E-state index is 9.47. The Hall–Kier alpha value is -0.0800. The Bertz CT molecular complexity index is 89.3. The lowest BCUT2D eigenvalue weighted by Gasteiger charge is -2.31. The van der Waals surface area contributed by atoms with Crippen LogP contribution in [0.2, 0.25) is 0 Å². The first-order valence-corrected chi connectivity index (χ1v) is 3.96. The maximum atomic E-state index is 9.47. The minimum absolute atomic E-state index is 0.0365. The molecule has 2 heteroatoms. The fourth-order valence-electron chi connectivity index (χ4n) is 0.985. The number of nitrogens with one attached hydrogen (secondary N) is 1. The lowest BCUT2D eigenvalue weighted by Crippen LogP contribution is -2.40. The highest BCUT2D eigenvalue weighted by molar-refractivity contribution is 4.76. The molecule has 0 aromatic carbocycles. The highest BCUT2D eigenvalue weighted by Gasteiger charge is 2.27. The molecule has 0 saturated heterocycles. The van der Waals surface area contributed by atoms with E-state index in [-0.39, 0.29) is 11.6 Å². The zero-order chi connectivity index (χ0) is 8.20. The third-order valence-corrected chi connectivity index (χ3v) is 2.55. The molecule has 0 aromatic heterocycles. The van der Waals surface area contributed by atoms with Crippen molar-refractivity contribution in [2.24, 2.45) is 5.41 Å². The molecular formula is C8H19NO. The van der Waals surface area contributed by atoms with Crippen LogP contribution in [-0.4, -0.2) is 18.4 Å². The van der Waals surface area contributed by atoms with Crippen LogP contribution in [0.3, 0.4) is 0 Å². The van der Waals surface area contributed by atoms with E-state index in [0.29, 0.717) is 0 Å². The highest BCUT2D eigenvalue weighted by Crippen LogP contribution is 2.27. The van der Waals surface area contributed by atoms with Gasteiger partial charge in [-0.15, -0.1) is 0 Å². The van der Waals surface area contributed by atoms with E-state index in [1.165, 1.54) is 0 Å². The molecule has 0 saturated carbocycles.